The Morgan fingerprint density at radius 1 is 1.04 bits per heavy atom. The van der Waals surface area contributed by atoms with Crippen molar-refractivity contribution in [1.29, 1.82) is 0 Å². The average Bonchev–Trinajstić information content (AvgIpc) is 2.93. The molecule has 1 saturated heterocycles. The highest BCUT2D eigenvalue weighted by molar-refractivity contribution is 5.27. The highest BCUT2D eigenvalue weighted by atomic mass is 16.5. The molecule has 5 nitrogen and oxygen atoms in total. The van der Waals surface area contributed by atoms with Gasteiger partial charge in [-0.2, -0.15) is 0 Å². The Hall–Kier alpha value is -1.98. The molecule has 2 heterocycles. The molecule has 1 aromatic carbocycles. The molecule has 0 saturated carbocycles. The highest BCUT2D eigenvalue weighted by Gasteiger charge is 2.20. The number of hydrogen-bond donors (Lipinski definition) is 1. The fourth-order valence-electron chi connectivity index (χ4n) is 3.51. The van der Waals surface area contributed by atoms with Gasteiger partial charge in [0.05, 0.1) is 6.10 Å². The molecule has 2 aromatic rings. The van der Waals surface area contributed by atoms with E-state index < -0.39 is 0 Å². The molecule has 0 unspecified atom stereocenters. The van der Waals surface area contributed by atoms with Crippen molar-refractivity contribution >= 4 is 0 Å². The lowest BCUT2D eigenvalue weighted by atomic mass is 10.0. The minimum absolute atomic E-state index is 0.203. The molecule has 0 bridgehead atoms. The predicted molar refractivity (Wildman–Crippen MR) is 104 cm³/mol. The summed E-state index contributed by atoms with van der Waals surface area (Å²) >= 11 is 0. The third-order valence-corrected chi connectivity index (χ3v) is 4.74. The van der Waals surface area contributed by atoms with Crippen LogP contribution < -0.4 is 10.1 Å². The summed E-state index contributed by atoms with van der Waals surface area (Å²) < 4.78 is 5.76. The van der Waals surface area contributed by atoms with E-state index >= 15 is 0 Å². The summed E-state index contributed by atoms with van der Waals surface area (Å²) in [6.45, 7) is 8.14. The molecule has 1 aliphatic heterocycles. The summed E-state index contributed by atoms with van der Waals surface area (Å²) in [5.74, 6) is 0.936. The minimum Gasteiger partial charge on any atom is -0.491 e. The van der Waals surface area contributed by atoms with Gasteiger partial charge in [-0.25, -0.2) is 9.97 Å². The molecule has 5 heteroatoms. The van der Waals surface area contributed by atoms with Gasteiger partial charge in [-0.15, -0.1) is 0 Å². The van der Waals surface area contributed by atoms with E-state index in [2.05, 4.69) is 58.3 Å². The van der Waals surface area contributed by atoms with Crippen LogP contribution in [0.25, 0.3) is 0 Å². The number of rotatable bonds is 7. The van der Waals surface area contributed by atoms with E-state index in [1.165, 1.54) is 30.4 Å². The second-order valence-corrected chi connectivity index (χ2v) is 7.30. The monoisotopic (exact) mass is 354 g/mol. The summed E-state index contributed by atoms with van der Waals surface area (Å²) in [5, 5.41) is 3.52. The zero-order valence-electron chi connectivity index (χ0n) is 15.9. The van der Waals surface area contributed by atoms with Crippen LogP contribution in [0.1, 0.15) is 44.2 Å². The first kappa shape index (κ1) is 18.8. The summed E-state index contributed by atoms with van der Waals surface area (Å²) in [4.78, 5) is 10.9. The second-order valence-electron chi connectivity index (χ2n) is 7.30. The van der Waals surface area contributed by atoms with Crippen molar-refractivity contribution in [2.24, 2.45) is 0 Å². The van der Waals surface area contributed by atoms with E-state index in [4.69, 9.17) is 4.74 Å². The van der Waals surface area contributed by atoms with Gasteiger partial charge in [-0.05, 0) is 63.9 Å². The van der Waals surface area contributed by atoms with Gasteiger partial charge in [0.2, 0.25) is 0 Å². The van der Waals surface area contributed by atoms with Gasteiger partial charge in [0.25, 0.3) is 0 Å². The normalized spacial score (nSPS) is 18.1. The van der Waals surface area contributed by atoms with Gasteiger partial charge < -0.3 is 10.1 Å². The lowest BCUT2D eigenvalue weighted by Crippen LogP contribution is -2.35. The summed E-state index contributed by atoms with van der Waals surface area (Å²) in [6.07, 6.45) is 9.29. The van der Waals surface area contributed by atoms with Crippen LogP contribution in [-0.4, -0.2) is 40.1 Å². The molecule has 3 rings (SSSR count). The van der Waals surface area contributed by atoms with Crippen LogP contribution in [0, 0.1) is 0 Å². The van der Waals surface area contributed by atoms with Crippen LogP contribution in [0.15, 0.2) is 43.0 Å². The fourth-order valence-corrected chi connectivity index (χ4v) is 3.51. The Kier molecular flexibility index (Phi) is 6.97. The van der Waals surface area contributed by atoms with E-state index in [0.29, 0.717) is 6.04 Å². The lowest BCUT2D eigenvalue weighted by molar-refractivity contribution is 0.164. The largest absolute Gasteiger partial charge is 0.491 e. The van der Waals surface area contributed by atoms with Gasteiger partial charge in [0.15, 0.2) is 0 Å². The molecule has 0 aliphatic carbocycles. The minimum atomic E-state index is 0.203. The highest BCUT2D eigenvalue weighted by Crippen LogP contribution is 2.21. The van der Waals surface area contributed by atoms with Crippen molar-refractivity contribution in [2.45, 2.75) is 58.3 Å². The van der Waals surface area contributed by atoms with Crippen LogP contribution in [-0.2, 0) is 13.1 Å². The summed E-state index contributed by atoms with van der Waals surface area (Å²) in [5.41, 5.74) is 2.49. The average molecular weight is 354 g/mol. The number of aromatic nitrogens is 2. The van der Waals surface area contributed by atoms with Crippen LogP contribution in [0.5, 0.6) is 5.75 Å². The van der Waals surface area contributed by atoms with Gasteiger partial charge in [0.1, 0.15) is 12.1 Å². The van der Waals surface area contributed by atoms with E-state index in [1.807, 2.05) is 12.4 Å². The van der Waals surface area contributed by atoms with Gasteiger partial charge in [-0.3, -0.25) is 4.90 Å². The van der Waals surface area contributed by atoms with E-state index in [-0.39, 0.29) is 6.10 Å². The first-order valence-corrected chi connectivity index (χ1v) is 9.65. The fraction of sp³-hybridized carbons (Fsp3) is 0.524. The summed E-state index contributed by atoms with van der Waals surface area (Å²) in [7, 11) is 0. The maximum atomic E-state index is 5.76. The first-order chi connectivity index (χ1) is 12.7. The molecule has 0 spiro atoms. The van der Waals surface area contributed by atoms with E-state index in [1.54, 1.807) is 6.33 Å². The molecule has 26 heavy (non-hydrogen) atoms. The Balaban J connectivity index is 1.71. The Morgan fingerprint density at radius 2 is 1.77 bits per heavy atom. The zero-order valence-corrected chi connectivity index (χ0v) is 15.9. The van der Waals surface area contributed by atoms with Crippen LogP contribution in [0.2, 0.25) is 0 Å². The van der Waals surface area contributed by atoms with Crippen molar-refractivity contribution in [2.75, 3.05) is 13.1 Å². The molecule has 1 aromatic heterocycles. The van der Waals surface area contributed by atoms with Gasteiger partial charge >= 0.3 is 0 Å². The van der Waals surface area contributed by atoms with Crippen molar-refractivity contribution in [3.05, 3.63) is 54.1 Å². The van der Waals surface area contributed by atoms with Crippen molar-refractivity contribution in [3.63, 3.8) is 0 Å². The van der Waals surface area contributed by atoms with Crippen molar-refractivity contribution in [1.82, 2.24) is 20.2 Å². The number of nitrogens with one attached hydrogen (secondary N) is 1. The molecule has 0 amide bonds. The smallest absolute Gasteiger partial charge is 0.119 e. The van der Waals surface area contributed by atoms with E-state index in [0.717, 1.165) is 31.9 Å². The Bertz CT molecular complexity index is 637. The SMILES string of the molecule is CC(C)Oc1ccc(CN(Cc2cncnc2)[C@H]2CCCNCC2)cc1. The third kappa shape index (κ3) is 5.78. The molecular formula is C21H30N4O. The number of hydrogen-bond acceptors (Lipinski definition) is 5. The van der Waals surface area contributed by atoms with Crippen LogP contribution >= 0.6 is 0 Å². The standard InChI is InChI=1S/C21H30N4O/c1-17(2)26-21-7-5-18(6-8-21)14-25(15-19-12-23-16-24-13-19)20-4-3-10-22-11-9-20/h5-8,12-13,16-17,20,22H,3-4,9-11,14-15H2,1-2H3/t20-/m0/s1. The molecule has 1 aliphatic rings. The summed E-state index contributed by atoms with van der Waals surface area (Å²) in [6, 6.07) is 9.10. The van der Waals surface area contributed by atoms with E-state index in [9.17, 15) is 0 Å². The third-order valence-electron chi connectivity index (χ3n) is 4.74. The zero-order chi connectivity index (χ0) is 18.2. The molecule has 1 fully saturated rings. The number of ether oxygens (including phenoxy) is 1. The first-order valence-electron chi connectivity index (χ1n) is 9.65. The second kappa shape index (κ2) is 9.64. The topological polar surface area (TPSA) is 50.3 Å². The number of nitrogens with zero attached hydrogens (tertiary/aromatic N) is 3. The Morgan fingerprint density at radius 3 is 2.50 bits per heavy atom. The van der Waals surface area contributed by atoms with Crippen LogP contribution in [0.4, 0.5) is 0 Å². The van der Waals surface area contributed by atoms with Gasteiger partial charge in [0, 0.05) is 37.1 Å². The predicted octanol–water partition coefficient (Wildman–Crippen LogP) is 3.41. The molecule has 140 valence electrons. The molecular weight excluding hydrogens is 324 g/mol. The molecule has 1 atom stereocenters. The molecule has 0 radical (unpaired) electrons. The Labute approximate surface area is 156 Å². The molecule has 1 N–H and O–H groups in total. The maximum Gasteiger partial charge on any atom is 0.119 e. The maximum absolute atomic E-state index is 5.76. The van der Waals surface area contributed by atoms with Crippen molar-refractivity contribution in [3.8, 4) is 5.75 Å². The van der Waals surface area contributed by atoms with Crippen molar-refractivity contribution < 1.29 is 4.74 Å². The number of benzene rings is 1. The quantitative estimate of drug-likeness (QED) is 0.826. The van der Waals surface area contributed by atoms with Gasteiger partial charge in [-0.1, -0.05) is 12.1 Å². The van der Waals surface area contributed by atoms with Crippen LogP contribution in [0.3, 0.4) is 0 Å². The lowest BCUT2D eigenvalue weighted by Gasteiger charge is -2.31.